The maximum absolute atomic E-state index is 13.0. The quantitative estimate of drug-likeness (QED) is 0.912. The van der Waals surface area contributed by atoms with E-state index >= 15 is 0 Å². The van der Waals surface area contributed by atoms with Crippen LogP contribution in [0.3, 0.4) is 0 Å². The lowest BCUT2D eigenvalue weighted by Crippen LogP contribution is -2.52. The number of rotatable bonds is 2. The molecule has 1 aliphatic carbocycles. The molecule has 0 bridgehead atoms. The van der Waals surface area contributed by atoms with Crippen LogP contribution in [0.25, 0.3) is 0 Å². The molecule has 7 heteroatoms. The molecule has 0 spiro atoms. The number of nitrogens with one attached hydrogen (secondary N) is 1. The Kier molecular flexibility index (Phi) is 3.65. The summed E-state index contributed by atoms with van der Waals surface area (Å²) in [4.78, 5) is 27.8. The average Bonchev–Trinajstić information content (AvgIpc) is 3.23. The number of fused-ring (bicyclic) bond motifs is 1. The molecular formula is C16H17N3O3S. The van der Waals surface area contributed by atoms with Crippen LogP contribution in [-0.4, -0.2) is 35.0 Å². The minimum Gasteiger partial charge on any atom is -0.352 e. The van der Waals surface area contributed by atoms with Gasteiger partial charge in [0.2, 0.25) is 11.7 Å². The van der Waals surface area contributed by atoms with Crippen molar-refractivity contribution in [3.63, 3.8) is 0 Å². The zero-order valence-corrected chi connectivity index (χ0v) is 13.4. The number of amides is 2. The number of carbonyl (C=O) groups is 2. The van der Waals surface area contributed by atoms with E-state index in [1.54, 1.807) is 4.90 Å². The molecular weight excluding hydrogens is 314 g/mol. The largest absolute Gasteiger partial charge is 0.352 e. The Morgan fingerprint density at radius 2 is 2.26 bits per heavy atom. The molecule has 0 aromatic carbocycles. The van der Waals surface area contributed by atoms with Crippen LogP contribution in [0.5, 0.6) is 0 Å². The van der Waals surface area contributed by atoms with Gasteiger partial charge in [-0.15, -0.1) is 11.3 Å². The van der Waals surface area contributed by atoms with Crippen molar-refractivity contribution in [2.75, 3.05) is 13.1 Å². The summed E-state index contributed by atoms with van der Waals surface area (Å²) in [5, 5.41) is 8.81. The standard InChI is InChI=1S/C16H17N3O3S/c20-15-13(12-6-3-9-23-12)19(8-7-17-15)16(21)14-10-4-1-2-5-11(10)18-22-14/h3,6,9,13H,1-2,4-5,7-8H2,(H,17,20). The lowest BCUT2D eigenvalue weighted by molar-refractivity contribution is -0.128. The average molecular weight is 331 g/mol. The van der Waals surface area contributed by atoms with Crippen LogP contribution >= 0.6 is 11.3 Å². The van der Waals surface area contributed by atoms with Gasteiger partial charge in [-0.25, -0.2) is 0 Å². The van der Waals surface area contributed by atoms with Crippen molar-refractivity contribution in [1.29, 1.82) is 0 Å². The topological polar surface area (TPSA) is 75.4 Å². The number of nitrogens with zero attached hydrogens (tertiary/aromatic N) is 2. The number of piperazine rings is 1. The highest BCUT2D eigenvalue weighted by atomic mass is 32.1. The zero-order chi connectivity index (χ0) is 15.8. The highest BCUT2D eigenvalue weighted by Crippen LogP contribution is 2.31. The van der Waals surface area contributed by atoms with Crippen molar-refractivity contribution < 1.29 is 14.1 Å². The third kappa shape index (κ3) is 2.45. The molecule has 120 valence electrons. The van der Waals surface area contributed by atoms with E-state index < -0.39 is 6.04 Å². The first-order chi connectivity index (χ1) is 11.3. The summed E-state index contributed by atoms with van der Waals surface area (Å²) in [6.45, 7) is 0.936. The van der Waals surface area contributed by atoms with E-state index in [0.717, 1.165) is 41.8 Å². The molecule has 0 radical (unpaired) electrons. The molecule has 1 unspecified atom stereocenters. The van der Waals surface area contributed by atoms with Gasteiger partial charge in [-0.2, -0.15) is 0 Å². The molecule has 3 heterocycles. The predicted octanol–water partition coefficient (Wildman–Crippen LogP) is 1.93. The minimum absolute atomic E-state index is 0.138. The highest BCUT2D eigenvalue weighted by molar-refractivity contribution is 7.10. The van der Waals surface area contributed by atoms with Gasteiger partial charge in [0.15, 0.2) is 0 Å². The summed E-state index contributed by atoms with van der Waals surface area (Å²) in [7, 11) is 0. The van der Waals surface area contributed by atoms with Crippen molar-refractivity contribution in [1.82, 2.24) is 15.4 Å². The molecule has 1 saturated heterocycles. The minimum atomic E-state index is -0.583. The highest BCUT2D eigenvalue weighted by Gasteiger charge is 2.38. The summed E-state index contributed by atoms with van der Waals surface area (Å²) in [6, 6.07) is 3.19. The Labute approximate surface area is 137 Å². The molecule has 1 fully saturated rings. The Balaban J connectivity index is 1.68. The van der Waals surface area contributed by atoms with Crippen LogP contribution in [-0.2, 0) is 17.6 Å². The molecule has 2 aliphatic rings. The molecule has 23 heavy (non-hydrogen) atoms. The lowest BCUT2D eigenvalue weighted by atomic mass is 9.95. The van der Waals surface area contributed by atoms with Crippen molar-refractivity contribution in [3.8, 4) is 0 Å². The van der Waals surface area contributed by atoms with Gasteiger partial charge in [-0.05, 0) is 37.1 Å². The monoisotopic (exact) mass is 331 g/mol. The Morgan fingerprint density at radius 3 is 3.09 bits per heavy atom. The Hall–Kier alpha value is -2.15. The third-order valence-electron chi connectivity index (χ3n) is 4.44. The summed E-state index contributed by atoms with van der Waals surface area (Å²) >= 11 is 1.48. The predicted molar refractivity (Wildman–Crippen MR) is 84.3 cm³/mol. The summed E-state index contributed by atoms with van der Waals surface area (Å²) in [5.74, 6) is -0.0507. The number of carbonyl (C=O) groups excluding carboxylic acids is 2. The van der Waals surface area contributed by atoms with E-state index in [1.807, 2.05) is 17.5 Å². The second-order valence-corrected chi connectivity index (χ2v) is 6.83. The molecule has 1 aliphatic heterocycles. The van der Waals surface area contributed by atoms with Gasteiger partial charge in [0.25, 0.3) is 5.91 Å². The van der Waals surface area contributed by atoms with Crippen molar-refractivity contribution >= 4 is 23.2 Å². The van der Waals surface area contributed by atoms with Crippen LogP contribution in [0.1, 0.15) is 45.6 Å². The van der Waals surface area contributed by atoms with Crippen LogP contribution in [0, 0.1) is 0 Å². The lowest BCUT2D eigenvalue weighted by Gasteiger charge is -2.34. The Bertz CT molecular complexity index is 738. The smallest absolute Gasteiger partial charge is 0.293 e. The maximum Gasteiger partial charge on any atom is 0.293 e. The van der Waals surface area contributed by atoms with Crippen LogP contribution < -0.4 is 5.32 Å². The van der Waals surface area contributed by atoms with Gasteiger partial charge in [0.1, 0.15) is 6.04 Å². The van der Waals surface area contributed by atoms with Crippen molar-refractivity contribution in [2.24, 2.45) is 0 Å². The fourth-order valence-electron chi connectivity index (χ4n) is 3.30. The van der Waals surface area contributed by atoms with Crippen molar-refractivity contribution in [3.05, 3.63) is 39.4 Å². The second-order valence-electron chi connectivity index (χ2n) is 5.85. The molecule has 2 aromatic heterocycles. The van der Waals surface area contributed by atoms with Gasteiger partial charge in [-0.1, -0.05) is 11.2 Å². The molecule has 0 saturated carbocycles. The molecule has 1 atom stereocenters. The van der Waals surface area contributed by atoms with Crippen LogP contribution in [0.4, 0.5) is 0 Å². The fourth-order valence-corrected chi connectivity index (χ4v) is 4.14. The first-order valence-corrected chi connectivity index (χ1v) is 8.73. The van der Waals surface area contributed by atoms with Crippen LogP contribution in [0.15, 0.2) is 22.0 Å². The van der Waals surface area contributed by atoms with E-state index in [1.165, 1.54) is 11.3 Å². The normalized spacial score (nSPS) is 21.0. The van der Waals surface area contributed by atoms with Gasteiger partial charge in [0.05, 0.1) is 5.69 Å². The van der Waals surface area contributed by atoms with Gasteiger partial charge in [0, 0.05) is 23.5 Å². The maximum atomic E-state index is 13.0. The summed E-state index contributed by atoms with van der Waals surface area (Å²) in [5.41, 5.74) is 1.82. The SMILES string of the molecule is O=C1NCCN(C(=O)c2onc3c2CCCC3)C1c1cccs1. The van der Waals surface area contributed by atoms with Crippen molar-refractivity contribution in [2.45, 2.75) is 31.7 Å². The first-order valence-electron chi connectivity index (χ1n) is 7.85. The third-order valence-corrected chi connectivity index (χ3v) is 5.36. The molecule has 6 nitrogen and oxygen atoms in total. The zero-order valence-electron chi connectivity index (χ0n) is 12.6. The summed E-state index contributed by atoms with van der Waals surface area (Å²) in [6.07, 6.45) is 3.81. The summed E-state index contributed by atoms with van der Waals surface area (Å²) < 4.78 is 5.36. The molecule has 2 aromatic rings. The fraction of sp³-hybridized carbons (Fsp3) is 0.438. The number of hydrogen-bond acceptors (Lipinski definition) is 5. The molecule has 2 amide bonds. The van der Waals surface area contributed by atoms with E-state index in [9.17, 15) is 9.59 Å². The van der Waals surface area contributed by atoms with E-state index in [2.05, 4.69) is 10.5 Å². The van der Waals surface area contributed by atoms with E-state index in [-0.39, 0.29) is 11.8 Å². The van der Waals surface area contributed by atoms with E-state index in [4.69, 9.17) is 4.52 Å². The first kappa shape index (κ1) is 14.4. The van der Waals surface area contributed by atoms with Crippen LogP contribution in [0.2, 0.25) is 0 Å². The molecule has 4 rings (SSSR count). The number of thiophene rings is 1. The second kappa shape index (κ2) is 5.81. The van der Waals surface area contributed by atoms with Gasteiger partial charge in [-0.3, -0.25) is 9.59 Å². The van der Waals surface area contributed by atoms with Gasteiger partial charge >= 0.3 is 0 Å². The Morgan fingerprint density at radius 1 is 1.39 bits per heavy atom. The number of hydrogen-bond donors (Lipinski definition) is 1. The number of aromatic nitrogens is 1. The number of aryl methyl sites for hydroxylation is 1. The molecule has 1 N–H and O–H groups in total. The van der Waals surface area contributed by atoms with E-state index in [0.29, 0.717) is 18.8 Å². The van der Waals surface area contributed by atoms with Gasteiger partial charge < -0.3 is 14.7 Å².